The fraction of sp³-hybridized carbons (Fsp3) is 0.240. The van der Waals surface area contributed by atoms with Gasteiger partial charge in [-0.1, -0.05) is 62.3 Å². The molecule has 6 heteroatoms. The third-order valence-electron chi connectivity index (χ3n) is 5.73. The van der Waals surface area contributed by atoms with Gasteiger partial charge >= 0.3 is 0 Å². The molecule has 1 aliphatic rings. The van der Waals surface area contributed by atoms with E-state index in [9.17, 15) is 9.59 Å². The molecule has 0 saturated carbocycles. The zero-order valence-electron chi connectivity index (χ0n) is 17.8. The normalized spacial score (nSPS) is 16.2. The van der Waals surface area contributed by atoms with Crippen molar-refractivity contribution < 1.29 is 13.7 Å². The van der Waals surface area contributed by atoms with Gasteiger partial charge in [0.15, 0.2) is 11.2 Å². The number of amides is 1. The molecule has 1 unspecified atom stereocenters. The Kier molecular flexibility index (Phi) is 4.15. The largest absolute Gasteiger partial charge is 0.450 e. The lowest BCUT2D eigenvalue weighted by Crippen LogP contribution is -2.29. The number of aryl methyl sites for hydroxylation is 1. The van der Waals surface area contributed by atoms with Crippen molar-refractivity contribution in [1.29, 1.82) is 0 Å². The molecule has 0 bridgehead atoms. The maximum Gasteiger partial charge on any atom is 0.296 e. The van der Waals surface area contributed by atoms with Crippen LogP contribution >= 0.6 is 0 Å². The molecule has 1 atom stereocenters. The van der Waals surface area contributed by atoms with Crippen LogP contribution in [-0.4, -0.2) is 11.1 Å². The molecule has 156 valence electrons. The molecule has 1 amide bonds. The van der Waals surface area contributed by atoms with E-state index in [2.05, 4.69) is 25.9 Å². The number of carbonyl (C=O) groups is 1. The second-order valence-electron chi connectivity index (χ2n) is 8.92. The van der Waals surface area contributed by atoms with E-state index in [1.54, 1.807) is 37.3 Å². The van der Waals surface area contributed by atoms with Gasteiger partial charge in [0.2, 0.25) is 5.76 Å². The van der Waals surface area contributed by atoms with Crippen molar-refractivity contribution in [2.75, 3.05) is 4.90 Å². The molecule has 4 aromatic rings. The second kappa shape index (κ2) is 6.67. The number of carbonyl (C=O) groups excluding carboxylic acids is 1. The van der Waals surface area contributed by atoms with Gasteiger partial charge in [-0.15, -0.1) is 0 Å². The van der Waals surface area contributed by atoms with E-state index < -0.39 is 11.9 Å². The average Bonchev–Trinajstić information content (AvgIpc) is 3.29. The van der Waals surface area contributed by atoms with E-state index in [-0.39, 0.29) is 16.6 Å². The smallest absolute Gasteiger partial charge is 0.296 e. The van der Waals surface area contributed by atoms with Gasteiger partial charge in [0, 0.05) is 6.07 Å². The summed E-state index contributed by atoms with van der Waals surface area (Å²) in [4.78, 5) is 28.4. The molecule has 5 rings (SSSR count). The van der Waals surface area contributed by atoms with E-state index in [4.69, 9.17) is 8.94 Å². The summed E-state index contributed by atoms with van der Waals surface area (Å²) in [6.45, 7) is 8.18. The van der Waals surface area contributed by atoms with E-state index in [1.165, 1.54) is 4.90 Å². The van der Waals surface area contributed by atoms with Gasteiger partial charge in [0.25, 0.3) is 5.91 Å². The number of anilines is 1. The molecule has 6 nitrogen and oxygen atoms in total. The Morgan fingerprint density at radius 3 is 2.35 bits per heavy atom. The van der Waals surface area contributed by atoms with Crippen LogP contribution in [0.15, 0.2) is 68.3 Å². The lowest BCUT2D eigenvalue weighted by molar-refractivity contribution is 0.0969. The van der Waals surface area contributed by atoms with Crippen LogP contribution in [0.4, 0.5) is 5.82 Å². The zero-order valence-corrected chi connectivity index (χ0v) is 17.8. The maximum absolute atomic E-state index is 13.5. The summed E-state index contributed by atoms with van der Waals surface area (Å²) in [5.74, 6) is 0.567. The Balaban J connectivity index is 1.76. The zero-order chi connectivity index (χ0) is 21.9. The van der Waals surface area contributed by atoms with Gasteiger partial charge in [-0.05, 0) is 35.6 Å². The first-order chi connectivity index (χ1) is 14.8. The topological polar surface area (TPSA) is 76.6 Å². The van der Waals surface area contributed by atoms with Gasteiger partial charge in [-0.25, -0.2) is 0 Å². The Morgan fingerprint density at radius 1 is 1.00 bits per heavy atom. The van der Waals surface area contributed by atoms with Crippen molar-refractivity contribution in [1.82, 2.24) is 5.16 Å². The molecule has 0 fully saturated rings. The van der Waals surface area contributed by atoms with Gasteiger partial charge in [-0.2, -0.15) is 0 Å². The standard InChI is InChI=1S/C25H22N2O4/c1-14-13-19(26-31-14)27-21(15-9-11-16(12-10-15)25(2,3)4)20-22(28)17-7-5-6-8-18(17)30-23(20)24(27)29/h5-13,21H,1-4H3. The van der Waals surface area contributed by atoms with Crippen LogP contribution in [0.1, 0.15) is 59.8 Å². The van der Waals surface area contributed by atoms with Crippen molar-refractivity contribution >= 4 is 22.7 Å². The molecule has 0 N–H and O–H groups in total. The van der Waals surface area contributed by atoms with Gasteiger partial charge < -0.3 is 8.94 Å². The predicted molar refractivity (Wildman–Crippen MR) is 118 cm³/mol. The van der Waals surface area contributed by atoms with Crippen molar-refractivity contribution in [2.45, 2.75) is 39.2 Å². The highest BCUT2D eigenvalue weighted by Gasteiger charge is 2.44. The third-order valence-corrected chi connectivity index (χ3v) is 5.73. The van der Waals surface area contributed by atoms with E-state index in [0.29, 0.717) is 28.1 Å². The number of hydrogen-bond donors (Lipinski definition) is 0. The van der Waals surface area contributed by atoms with Crippen LogP contribution in [0.25, 0.3) is 11.0 Å². The van der Waals surface area contributed by atoms with Crippen LogP contribution in [-0.2, 0) is 5.41 Å². The summed E-state index contributed by atoms with van der Waals surface area (Å²) < 4.78 is 11.2. The van der Waals surface area contributed by atoms with Crippen LogP contribution in [0.5, 0.6) is 0 Å². The van der Waals surface area contributed by atoms with E-state index >= 15 is 0 Å². The number of benzene rings is 2. The molecule has 0 aliphatic carbocycles. The van der Waals surface area contributed by atoms with Crippen molar-refractivity contribution in [3.63, 3.8) is 0 Å². The summed E-state index contributed by atoms with van der Waals surface area (Å²) in [7, 11) is 0. The Bertz CT molecular complexity index is 1370. The molecule has 0 radical (unpaired) electrons. The average molecular weight is 414 g/mol. The van der Waals surface area contributed by atoms with E-state index in [0.717, 1.165) is 11.1 Å². The fourth-order valence-electron chi connectivity index (χ4n) is 4.10. The van der Waals surface area contributed by atoms with Gasteiger partial charge in [0.1, 0.15) is 11.3 Å². The molecular formula is C25H22N2O4. The number of hydrogen-bond acceptors (Lipinski definition) is 5. The quantitative estimate of drug-likeness (QED) is 0.454. The lowest BCUT2D eigenvalue weighted by atomic mass is 9.86. The highest BCUT2D eigenvalue weighted by molar-refractivity contribution is 6.10. The Morgan fingerprint density at radius 2 is 1.71 bits per heavy atom. The van der Waals surface area contributed by atoms with Crippen LogP contribution in [0.2, 0.25) is 0 Å². The summed E-state index contributed by atoms with van der Waals surface area (Å²) in [6.07, 6.45) is 0. The molecule has 1 aliphatic heterocycles. The van der Waals surface area contributed by atoms with E-state index in [1.807, 2.05) is 24.3 Å². The van der Waals surface area contributed by atoms with Crippen molar-refractivity contribution in [2.24, 2.45) is 0 Å². The number of para-hydroxylation sites is 1. The SMILES string of the molecule is Cc1cc(N2C(=O)c3oc4ccccc4c(=O)c3C2c2ccc(C(C)(C)C)cc2)no1. The summed E-state index contributed by atoms with van der Waals surface area (Å²) >= 11 is 0. The molecule has 2 aromatic heterocycles. The summed E-state index contributed by atoms with van der Waals surface area (Å²) in [6, 6.07) is 16.0. The molecule has 2 aromatic carbocycles. The molecule has 3 heterocycles. The number of aromatic nitrogens is 1. The van der Waals surface area contributed by atoms with Crippen LogP contribution in [0, 0.1) is 6.92 Å². The lowest BCUT2D eigenvalue weighted by Gasteiger charge is -2.24. The van der Waals surface area contributed by atoms with Crippen LogP contribution in [0.3, 0.4) is 0 Å². The minimum Gasteiger partial charge on any atom is -0.450 e. The molecule has 31 heavy (non-hydrogen) atoms. The van der Waals surface area contributed by atoms with Crippen LogP contribution < -0.4 is 10.3 Å². The number of nitrogens with zero attached hydrogens (tertiary/aromatic N) is 2. The van der Waals surface area contributed by atoms with Gasteiger partial charge in [-0.3, -0.25) is 14.5 Å². The third kappa shape index (κ3) is 2.98. The van der Waals surface area contributed by atoms with Gasteiger partial charge in [0.05, 0.1) is 17.0 Å². The highest BCUT2D eigenvalue weighted by Crippen LogP contribution is 2.41. The summed E-state index contributed by atoms with van der Waals surface area (Å²) in [5, 5.41) is 4.50. The Hall–Kier alpha value is -3.67. The fourth-order valence-corrected chi connectivity index (χ4v) is 4.10. The molecule has 0 spiro atoms. The Labute approximate surface area is 179 Å². The summed E-state index contributed by atoms with van der Waals surface area (Å²) in [5.41, 5.74) is 2.46. The first kappa shape index (κ1) is 19.3. The molecule has 0 saturated heterocycles. The second-order valence-corrected chi connectivity index (χ2v) is 8.92. The minimum absolute atomic E-state index is 0.0138. The first-order valence-electron chi connectivity index (χ1n) is 10.2. The highest BCUT2D eigenvalue weighted by atomic mass is 16.5. The first-order valence-corrected chi connectivity index (χ1v) is 10.2. The van der Waals surface area contributed by atoms with Crippen molar-refractivity contribution in [3.8, 4) is 0 Å². The monoisotopic (exact) mass is 414 g/mol. The van der Waals surface area contributed by atoms with Crippen molar-refractivity contribution in [3.05, 3.63) is 93.0 Å². The predicted octanol–water partition coefficient (Wildman–Crippen LogP) is 5.14. The number of fused-ring (bicyclic) bond motifs is 2. The minimum atomic E-state index is -0.651. The molecular weight excluding hydrogens is 392 g/mol. The maximum atomic E-state index is 13.5. The number of rotatable bonds is 2.